The molecule has 1 unspecified atom stereocenters. The summed E-state index contributed by atoms with van der Waals surface area (Å²) in [7, 11) is 1.88. The molecule has 2 heterocycles. The first-order valence-electron chi connectivity index (χ1n) is 8.87. The van der Waals surface area contributed by atoms with Crippen molar-refractivity contribution in [2.24, 2.45) is 0 Å². The number of aromatic nitrogens is 2. The van der Waals surface area contributed by atoms with Crippen LogP contribution in [0.15, 0.2) is 36.7 Å². The number of hydrogen-bond donors (Lipinski definition) is 0. The van der Waals surface area contributed by atoms with Gasteiger partial charge in [-0.25, -0.2) is 9.07 Å². The van der Waals surface area contributed by atoms with E-state index in [1.54, 1.807) is 16.9 Å². The molecule has 6 heteroatoms. The van der Waals surface area contributed by atoms with E-state index in [9.17, 15) is 9.18 Å². The number of rotatable bonds is 6. The van der Waals surface area contributed by atoms with Gasteiger partial charge in [-0.05, 0) is 24.6 Å². The average Bonchev–Trinajstić information content (AvgIpc) is 3.06. The van der Waals surface area contributed by atoms with Gasteiger partial charge < -0.3 is 4.90 Å². The lowest BCUT2D eigenvalue weighted by Gasteiger charge is -2.39. The number of nitrogens with zero attached hydrogens (tertiary/aromatic N) is 4. The molecule has 1 aliphatic rings. The predicted molar refractivity (Wildman–Crippen MR) is 94.9 cm³/mol. The van der Waals surface area contributed by atoms with Gasteiger partial charge in [0.1, 0.15) is 5.82 Å². The van der Waals surface area contributed by atoms with Gasteiger partial charge in [-0.1, -0.05) is 25.8 Å². The van der Waals surface area contributed by atoms with E-state index in [0.29, 0.717) is 12.2 Å². The van der Waals surface area contributed by atoms with Gasteiger partial charge in [0.15, 0.2) is 0 Å². The molecule has 1 aromatic heterocycles. The zero-order chi connectivity index (χ0) is 17.8. The molecule has 1 saturated heterocycles. The van der Waals surface area contributed by atoms with Crippen molar-refractivity contribution in [3.63, 3.8) is 0 Å². The third kappa shape index (κ3) is 4.07. The van der Waals surface area contributed by atoms with Crippen molar-refractivity contribution in [2.75, 3.05) is 20.1 Å². The molecule has 1 aliphatic heterocycles. The van der Waals surface area contributed by atoms with E-state index in [4.69, 9.17) is 0 Å². The van der Waals surface area contributed by atoms with Crippen LogP contribution in [0.4, 0.5) is 4.39 Å². The number of benzene rings is 1. The molecule has 1 amide bonds. The van der Waals surface area contributed by atoms with Crippen LogP contribution >= 0.6 is 0 Å². The first-order chi connectivity index (χ1) is 12.1. The Balaban J connectivity index is 1.73. The Morgan fingerprint density at radius 1 is 1.32 bits per heavy atom. The fourth-order valence-electron chi connectivity index (χ4n) is 3.28. The zero-order valence-electron chi connectivity index (χ0n) is 14.9. The number of carbonyl (C=O) groups excluding carboxylic acids is 1. The molecule has 2 aromatic rings. The Bertz CT molecular complexity index is 730. The summed E-state index contributed by atoms with van der Waals surface area (Å²) >= 11 is 0. The Hall–Kier alpha value is -2.21. The Labute approximate surface area is 148 Å². The molecule has 1 aromatic carbocycles. The lowest BCUT2D eigenvalue weighted by Crippen LogP contribution is -2.55. The van der Waals surface area contributed by atoms with E-state index in [2.05, 4.69) is 16.9 Å². The van der Waals surface area contributed by atoms with Crippen molar-refractivity contribution in [2.45, 2.75) is 38.8 Å². The highest BCUT2D eigenvalue weighted by Gasteiger charge is 2.32. The Morgan fingerprint density at radius 2 is 2.16 bits per heavy atom. The number of halogens is 1. The summed E-state index contributed by atoms with van der Waals surface area (Å²) in [6.07, 6.45) is 6.72. The molecule has 0 radical (unpaired) electrons. The largest absolute Gasteiger partial charge is 0.343 e. The fraction of sp³-hybridized carbons (Fsp3) is 0.474. The van der Waals surface area contributed by atoms with E-state index < -0.39 is 0 Å². The number of amides is 1. The summed E-state index contributed by atoms with van der Waals surface area (Å²) in [4.78, 5) is 16.6. The molecule has 0 aliphatic carbocycles. The lowest BCUT2D eigenvalue weighted by molar-refractivity contribution is -0.140. The monoisotopic (exact) mass is 344 g/mol. The van der Waals surface area contributed by atoms with Crippen LogP contribution in [0.5, 0.6) is 0 Å². The number of likely N-dealkylation sites (N-methyl/N-ethyl adjacent to an activating group) is 1. The van der Waals surface area contributed by atoms with Crippen LogP contribution in [-0.2, 0) is 11.3 Å². The quantitative estimate of drug-likeness (QED) is 0.809. The second-order valence-electron chi connectivity index (χ2n) is 6.66. The average molecular weight is 344 g/mol. The van der Waals surface area contributed by atoms with Gasteiger partial charge in [-0.2, -0.15) is 5.10 Å². The minimum Gasteiger partial charge on any atom is -0.343 e. The number of unbranched alkanes of at least 4 members (excludes halogenated alkanes) is 1. The van der Waals surface area contributed by atoms with Crippen LogP contribution in [-0.4, -0.2) is 51.7 Å². The summed E-state index contributed by atoms with van der Waals surface area (Å²) in [6, 6.07) is 6.31. The molecular weight excluding hydrogens is 319 g/mol. The SMILES string of the molecule is CCCCC1C(=O)N(C)CCN1Cc1cnn(-c2cccc(F)c2)c1. The van der Waals surface area contributed by atoms with Crippen LogP contribution in [0.3, 0.4) is 0 Å². The van der Waals surface area contributed by atoms with Gasteiger partial charge >= 0.3 is 0 Å². The van der Waals surface area contributed by atoms with Crippen LogP contribution in [0.25, 0.3) is 5.69 Å². The van der Waals surface area contributed by atoms with Gasteiger partial charge in [0.25, 0.3) is 0 Å². The molecule has 134 valence electrons. The molecule has 1 fully saturated rings. The Morgan fingerprint density at radius 3 is 2.92 bits per heavy atom. The molecule has 5 nitrogen and oxygen atoms in total. The lowest BCUT2D eigenvalue weighted by atomic mass is 10.0. The van der Waals surface area contributed by atoms with E-state index >= 15 is 0 Å². The molecule has 3 rings (SSSR count). The molecule has 0 spiro atoms. The smallest absolute Gasteiger partial charge is 0.239 e. The summed E-state index contributed by atoms with van der Waals surface area (Å²) < 4.78 is 15.1. The number of carbonyl (C=O) groups is 1. The first kappa shape index (κ1) is 17.6. The van der Waals surface area contributed by atoms with E-state index in [1.807, 2.05) is 24.2 Å². The van der Waals surface area contributed by atoms with Crippen molar-refractivity contribution in [3.8, 4) is 5.69 Å². The summed E-state index contributed by atoms with van der Waals surface area (Å²) in [6.45, 7) is 4.44. The predicted octanol–water partition coefficient (Wildman–Crippen LogP) is 2.84. The van der Waals surface area contributed by atoms with E-state index in [0.717, 1.165) is 37.9 Å². The van der Waals surface area contributed by atoms with Crippen LogP contribution in [0, 0.1) is 5.82 Å². The summed E-state index contributed by atoms with van der Waals surface area (Å²) in [5, 5.41) is 4.34. The van der Waals surface area contributed by atoms with Crippen molar-refractivity contribution in [1.82, 2.24) is 19.6 Å². The molecule has 0 N–H and O–H groups in total. The summed E-state index contributed by atoms with van der Waals surface area (Å²) in [5.41, 5.74) is 1.73. The van der Waals surface area contributed by atoms with Gasteiger partial charge in [0.05, 0.1) is 17.9 Å². The van der Waals surface area contributed by atoms with E-state index in [1.165, 1.54) is 12.1 Å². The standard InChI is InChI=1S/C19H25FN4O/c1-3-4-8-18-19(25)22(2)9-10-23(18)13-15-12-21-24(14-15)17-7-5-6-16(20)11-17/h5-7,11-12,14,18H,3-4,8-10,13H2,1-2H3. The second-order valence-corrected chi connectivity index (χ2v) is 6.66. The maximum atomic E-state index is 13.4. The minimum atomic E-state index is -0.279. The van der Waals surface area contributed by atoms with Crippen LogP contribution in [0.2, 0.25) is 0 Å². The Kier molecular flexibility index (Phi) is 5.48. The highest BCUT2D eigenvalue weighted by atomic mass is 19.1. The second kappa shape index (κ2) is 7.78. The van der Waals surface area contributed by atoms with Crippen molar-refractivity contribution < 1.29 is 9.18 Å². The maximum absolute atomic E-state index is 13.4. The first-order valence-corrected chi connectivity index (χ1v) is 8.87. The maximum Gasteiger partial charge on any atom is 0.239 e. The zero-order valence-corrected chi connectivity index (χ0v) is 14.9. The number of hydrogen-bond acceptors (Lipinski definition) is 3. The highest BCUT2D eigenvalue weighted by molar-refractivity contribution is 5.82. The normalized spacial score (nSPS) is 18.8. The molecule has 0 bridgehead atoms. The third-order valence-corrected chi connectivity index (χ3v) is 4.75. The van der Waals surface area contributed by atoms with Crippen LogP contribution < -0.4 is 0 Å². The van der Waals surface area contributed by atoms with E-state index in [-0.39, 0.29) is 17.8 Å². The molecule has 1 atom stereocenters. The topological polar surface area (TPSA) is 41.4 Å². The fourth-order valence-corrected chi connectivity index (χ4v) is 3.28. The highest BCUT2D eigenvalue weighted by Crippen LogP contribution is 2.19. The van der Waals surface area contributed by atoms with Gasteiger partial charge in [-0.15, -0.1) is 0 Å². The summed E-state index contributed by atoms with van der Waals surface area (Å²) in [5.74, 6) is -0.0731. The molecule has 0 saturated carbocycles. The van der Waals surface area contributed by atoms with Crippen molar-refractivity contribution in [3.05, 3.63) is 48.0 Å². The third-order valence-electron chi connectivity index (χ3n) is 4.75. The molecule has 25 heavy (non-hydrogen) atoms. The van der Waals surface area contributed by atoms with Gasteiger partial charge in [0, 0.05) is 38.4 Å². The van der Waals surface area contributed by atoms with Crippen LogP contribution in [0.1, 0.15) is 31.7 Å². The van der Waals surface area contributed by atoms with Crippen molar-refractivity contribution in [1.29, 1.82) is 0 Å². The van der Waals surface area contributed by atoms with Crippen molar-refractivity contribution >= 4 is 5.91 Å². The van der Waals surface area contributed by atoms with Gasteiger partial charge in [-0.3, -0.25) is 9.69 Å². The number of piperazine rings is 1. The molecular formula is C19H25FN4O. The minimum absolute atomic E-state index is 0.0591. The van der Waals surface area contributed by atoms with Gasteiger partial charge in [0.2, 0.25) is 5.91 Å².